The van der Waals surface area contributed by atoms with E-state index in [1.54, 1.807) is 54.3 Å². The van der Waals surface area contributed by atoms with E-state index in [1.165, 1.54) is 14.2 Å². The number of hydrogen-bond donors (Lipinski definition) is 0. The maximum absolute atomic E-state index is 13.9. The number of carbonyl (C=O) groups excluding carboxylic acids is 1. The van der Waals surface area contributed by atoms with Crippen molar-refractivity contribution in [3.63, 3.8) is 0 Å². The highest BCUT2D eigenvalue weighted by Gasteiger charge is 2.33. The molecule has 34 heavy (non-hydrogen) atoms. The first-order valence-corrected chi connectivity index (χ1v) is 12.9. The second-order valence-electron chi connectivity index (χ2n) is 7.93. The van der Waals surface area contributed by atoms with Gasteiger partial charge in [0, 0.05) is 16.7 Å². The van der Waals surface area contributed by atoms with Crippen LogP contribution in [0.3, 0.4) is 0 Å². The van der Waals surface area contributed by atoms with Gasteiger partial charge in [0.05, 0.1) is 19.9 Å². The topological polar surface area (TPSA) is 76.2 Å². The number of nitrogens with zero attached hydrogens (tertiary/aromatic N) is 2. The summed E-state index contributed by atoms with van der Waals surface area (Å²) < 4.78 is 40.4. The summed E-state index contributed by atoms with van der Waals surface area (Å²) in [6, 6.07) is 17.3. The standard InChI is InChI=1S/C25H25BrN2O5S/c1-17-4-11-23(33-3)24(14-17)34(30,31)28(20-6-8-21(32-2)9-7-20)16-25(29)27-13-12-18-15-19(26)5-10-22(18)27/h4-11,14-15H,12-13,16H2,1-3H3. The van der Waals surface area contributed by atoms with Gasteiger partial charge in [0.15, 0.2) is 0 Å². The fourth-order valence-corrected chi connectivity index (χ4v) is 6.07. The average Bonchev–Trinajstić information content (AvgIpc) is 3.25. The van der Waals surface area contributed by atoms with E-state index in [9.17, 15) is 13.2 Å². The van der Waals surface area contributed by atoms with Gasteiger partial charge in [-0.1, -0.05) is 22.0 Å². The first kappa shape index (κ1) is 24.1. The molecule has 0 fully saturated rings. The summed E-state index contributed by atoms with van der Waals surface area (Å²) in [5, 5.41) is 0. The molecular weight excluding hydrogens is 520 g/mol. The minimum absolute atomic E-state index is 0.00405. The normalized spacial score (nSPS) is 12.9. The number of halogens is 1. The maximum Gasteiger partial charge on any atom is 0.268 e. The second-order valence-corrected chi connectivity index (χ2v) is 10.7. The fraction of sp³-hybridized carbons (Fsp3) is 0.240. The van der Waals surface area contributed by atoms with Crippen molar-refractivity contribution in [2.45, 2.75) is 18.2 Å². The van der Waals surface area contributed by atoms with Crippen LogP contribution in [-0.2, 0) is 21.2 Å². The van der Waals surface area contributed by atoms with E-state index in [4.69, 9.17) is 9.47 Å². The number of amides is 1. The van der Waals surface area contributed by atoms with Crippen molar-refractivity contribution in [2.75, 3.05) is 36.5 Å². The van der Waals surface area contributed by atoms with E-state index in [0.29, 0.717) is 24.4 Å². The second kappa shape index (κ2) is 9.68. The van der Waals surface area contributed by atoms with Gasteiger partial charge in [-0.25, -0.2) is 8.42 Å². The molecule has 0 bridgehead atoms. The molecule has 0 atom stereocenters. The molecule has 0 radical (unpaired) electrons. The number of fused-ring (bicyclic) bond motifs is 1. The lowest BCUT2D eigenvalue weighted by Crippen LogP contribution is -2.42. The molecule has 4 rings (SSSR count). The lowest BCUT2D eigenvalue weighted by Gasteiger charge is -2.27. The number of anilines is 2. The molecule has 1 aliphatic heterocycles. The quantitative estimate of drug-likeness (QED) is 0.435. The number of hydrogen-bond acceptors (Lipinski definition) is 5. The zero-order valence-electron chi connectivity index (χ0n) is 19.1. The smallest absolute Gasteiger partial charge is 0.268 e. The number of methoxy groups -OCH3 is 2. The molecule has 0 unspecified atom stereocenters. The summed E-state index contributed by atoms with van der Waals surface area (Å²) in [4.78, 5) is 15.1. The van der Waals surface area contributed by atoms with Gasteiger partial charge in [0.2, 0.25) is 5.91 Å². The minimum Gasteiger partial charge on any atom is -0.497 e. The molecule has 7 nitrogen and oxygen atoms in total. The largest absolute Gasteiger partial charge is 0.497 e. The fourth-order valence-electron chi connectivity index (χ4n) is 4.01. The Kier molecular flexibility index (Phi) is 6.86. The third-order valence-corrected chi connectivity index (χ3v) is 8.05. The molecule has 3 aromatic rings. The molecule has 1 heterocycles. The van der Waals surface area contributed by atoms with E-state index >= 15 is 0 Å². The Morgan fingerprint density at radius 1 is 1.03 bits per heavy atom. The van der Waals surface area contributed by atoms with E-state index in [1.807, 2.05) is 18.2 Å². The van der Waals surface area contributed by atoms with Crippen LogP contribution in [0.1, 0.15) is 11.1 Å². The lowest BCUT2D eigenvalue weighted by molar-refractivity contribution is -0.117. The zero-order chi connectivity index (χ0) is 24.5. The number of sulfonamides is 1. The summed E-state index contributed by atoms with van der Waals surface area (Å²) >= 11 is 3.46. The maximum atomic E-state index is 13.9. The van der Waals surface area contributed by atoms with Crippen LogP contribution in [0.15, 0.2) is 70.0 Å². The highest BCUT2D eigenvalue weighted by atomic mass is 79.9. The van der Waals surface area contributed by atoms with E-state index in [2.05, 4.69) is 15.9 Å². The molecule has 0 aliphatic carbocycles. The molecular formula is C25H25BrN2O5S. The lowest BCUT2D eigenvalue weighted by atomic mass is 10.2. The van der Waals surface area contributed by atoms with Crippen LogP contribution in [0.5, 0.6) is 11.5 Å². The van der Waals surface area contributed by atoms with E-state index in [-0.39, 0.29) is 23.1 Å². The number of carbonyl (C=O) groups is 1. The Hall–Kier alpha value is -3.04. The number of aryl methyl sites for hydroxylation is 1. The number of benzene rings is 3. The number of ether oxygens (including phenoxy) is 2. The molecule has 178 valence electrons. The summed E-state index contributed by atoms with van der Waals surface area (Å²) in [6.45, 7) is 1.94. The van der Waals surface area contributed by atoms with Gasteiger partial charge in [0.1, 0.15) is 22.9 Å². The Morgan fingerprint density at radius 3 is 2.44 bits per heavy atom. The molecule has 0 saturated carbocycles. The first-order chi connectivity index (χ1) is 16.2. The van der Waals surface area contributed by atoms with Crippen molar-refractivity contribution < 1.29 is 22.7 Å². The van der Waals surface area contributed by atoms with Crippen LogP contribution in [-0.4, -0.2) is 41.6 Å². The molecule has 1 amide bonds. The van der Waals surface area contributed by atoms with Crippen LogP contribution >= 0.6 is 15.9 Å². The summed E-state index contributed by atoms with van der Waals surface area (Å²) in [6.07, 6.45) is 0.710. The zero-order valence-corrected chi connectivity index (χ0v) is 21.5. The molecule has 0 aromatic heterocycles. The first-order valence-electron chi connectivity index (χ1n) is 10.6. The van der Waals surface area contributed by atoms with Crippen LogP contribution in [0.4, 0.5) is 11.4 Å². The van der Waals surface area contributed by atoms with Gasteiger partial charge in [-0.3, -0.25) is 9.10 Å². The van der Waals surface area contributed by atoms with Crippen molar-refractivity contribution >= 4 is 43.2 Å². The average molecular weight is 545 g/mol. The monoisotopic (exact) mass is 544 g/mol. The SMILES string of the molecule is COc1ccc(N(CC(=O)N2CCc3cc(Br)ccc32)S(=O)(=O)c2cc(C)ccc2OC)cc1. The van der Waals surface area contributed by atoms with Crippen LogP contribution in [0, 0.1) is 6.92 Å². The van der Waals surface area contributed by atoms with Crippen LogP contribution in [0.2, 0.25) is 0 Å². The van der Waals surface area contributed by atoms with Gasteiger partial charge in [-0.15, -0.1) is 0 Å². The molecule has 0 N–H and O–H groups in total. The molecule has 1 aliphatic rings. The third-order valence-electron chi connectivity index (χ3n) is 5.76. The Balaban J connectivity index is 1.75. The minimum atomic E-state index is -4.14. The summed E-state index contributed by atoms with van der Waals surface area (Å²) in [7, 11) is -1.18. The highest BCUT2D eigenvalue weighted by molar-refractivity contribution is 9.10. The van der Waals surface area contributed by atoms with Gasteiger partial charge in [0.25, 0.3) is 10.0 Å². The van der Waals surface area contributed by atoms with E-state index < -0.39 is 10.0 Å². The van der Waals surface area contributed by atoms with Crippen LogP contribution < -0.4 is 18.7 Å². The van der Waals surface area contributed by atoms with Crippen molar-refractivity contribution in [2.24, 2.45) is 0 Å². The third kappa shape index (κ3) is 4.63. The van der Waals surface area contributed by atoms with Crippen molar-refractivity contribution in [1.29, 1.82) is 0 Å². The molecule has 0 saturated heterocycles. The molecule has 0 spiro atoms. The predicted octanol–water partition coefficient (Wildman–Crippen LogP) is 4.56. The molecule has 3 aromatic carbocycles. The number of rotatable bonds is 7. The highest BCUT2D eigenvalue weighted by Crippen LogP contribution is 2.34. The van der Waals surface area contributed by atoms with Gasteiger partial charge < -0.3 is 14.4 Å². The van der Waals surface area contributed by atoms with Gasteiger partial charge in [-0.2, -0.15) is 0 Å². The Morgan fingerprint density at radius 2 is 1.76 bits per heavy atom. The summed E-state index contributed by atoms with van der Waals surface area (Å²) in [5.74, 6) is 0.486. The van der Waals surface area contributed by atoms with Gasteiger partial charge in [-0.05, 0) is 79.1 Å². The van der Waals surface area contributed by atoms with Gasteiger partial charge >= 0.3 is 0 Å². The molecule has 9 heteroatoms. The Labute approximate surface area is 208 Å². The van der Waals surface area contributed by atoms with Crippen molar-refractivity contribution in [1.82, 2.24) is 0 Å². The van der Waals surface area contributed by atoms with Crippen molar-refractivity contribution in [3.8, 4) is 11.5 Å². The Bertz CT molecular complexity index is 1330. The predicted molar refractivity (Wildman–Crippen MR) is 135 cm³/mol. The van der Waals surface area contributed by atoms with Crippen LogP contribution in [0.25, 0.3) is 0 Å². The van der Waals surface area contributed by atoms with E-state index in [0.717, 1.165) is 25.6 Å². The summed E-state index contributed by atoms with van der Waals surface area (Å²) in [5.41, 5.74) is 2.96. The van der Waals surface area contributed by atoms with Crippen molar-refractivity contribution in [3.05, 3.63) is 76.3 Å².